The van der Waals surface area contributed by atoms with Crippen LogP contribution in [0.1, 0.15) is 43.6 Å². The van der Waals surface area contributed by atoms with Gasteiger partial charge in [0.15, 0.2) is 0 Å². The maximum atomic E-state index is 12.3. The smallest absolute Gasteiger partial charge is 0.303 e. The minimum absolute atomic E-state index is 0.0327. The Bertz CT molecular complexity index is 532. The number of carboxylic acid groups (broad SMARTS) is 1. The Morgan fingerprint density at radius 1 is 1.43 bits per heavy atom. The van der Waals surface area contributed by atoms with Gasteiger partial charge in [-0.2, -0.15) is 0 Å². The molecular formula is C16H21NO4. The number of rotatable bonds is 5. The van der Waals surface area contributed by atoms with Gasteiger partial charge in [-0.3, -0.25) is 9.59 Å². The van der Waals surface area contributed by atoms with E-state index in [0.29, 0.717) is 18.7 Å². The van der Waals surface area contributed by atoms with E-state index >= 15 is 0 Å². The molecule has 5 heteroatoms. The molecule has 1 unspecified atom stereocenters. The molecule has 1 aliphatic heterocycles. The summed E-state index contributed by atoms with van der Waals surface area (Å²) in [7, 11) is 0. The van der Waals surface area contributed by atoms with Crippen molar-refractivity contribution >= 4 is 18.0 Å². The van der Waals surface area contributed by atoms with Crippen LogP contribution in [0.4, 0.5) is 0 Å². The molecule has 1 aromatic heterocycles. The van der Waals surface area contributed by atoms with Crippen LogP contribution in [-0.2, 0) is 9.59 Å². The summed E-state index contributed by atoms with van der Waals surface area (Å²) >= 11 is 0. The van der Waals surface area contributed by atoms with Gasteiger partial charge in [0.25, 0.3) is 0 Å². The summed E-state index contributed by atoms with van der Waals surface area (Å²) in [5, 5.41) is 8.79. The zero-order valence-electron chi connectivity index (χ0n) is 12.2. The van der Waals surface area contributed by atoms with Gasteiger partial charge in [-0.05, 0) is 50.8 Å². The predicted molar refractivity (Wildman–Crippen MR) is 78.7 cm³/mol. The molecule has 1 saturated heterocycles. The second-order valence-electron chi connectivity index (χ2n) is 5.40. The van der Waals surface area contributed by atoms with Gasteiger partial charge in [-0.1, -0.05) is 0 Å². The molecule has 1 amide bonds. The van der Waals surface area contributed by atoms with Gasteiger partial charge < -0.3 is 14.4 Å². The molecule has 0 spiro atoms. The van der Waals surface area contributed by atoms with Gasteiger partial charge >= 0.3 is 5.97 Å². The number of carbonyl (C=O) groups is 2. The van der Waals surface area contributed by atoms with Gasteiger partial charge in [0.1, 0.15) is 11.5 Å². The second-order valence-corrected chi connectivity index (χ2v) is 5.40. The standard InChI is InChI=1S/C16H21NO4/c1-12-5-7-14(21-12)8-9-15(18)17-11-3-2-4-13(17)6-10-16(19)20/h5,7-9,13H,2-4,6,10-11H2,1H3,(H,19,20). The first kappa shape index (κ1) is 15.4. The average Bonchev–Trinajstić information content (AvgIpc) is 2.88. The van der Waals surface area contributed by atoms with E-state index in [1.165, 1.54) is 6.08 Å². The molecule has 1 aliphatic rings. The highest BCUT2D eigenvalue weighted by molar-refractivity contribution is 5.91. The van der Waals surface area contributed by atoms with Crippen molar-refractivity contribution in [2.24, 2.45) is 0 Å². The molecule has 21 heavy (non-hydrogen) atoms. The van der Waals surface area contributed by atoms with E-state index in [4.69, 9.17) is 9.52 Å². The number of aliphatic carboxylic acids is 1. The molecule has 0 aromatic carbocycles. The van der Waals surface area contributed by atoms with Gasteiger partial charge in [0.05, 0.1) is 0 Å². The Kier molecular flexibility index (Phi) is 5.20. The first-order chi connectivity index (χ1) is 10.1. The largest absolute Gasteiger partial charge is 0.481 e. The molecule has 0 radical (unpaired) electrons. The van der Waals surface area contributed by atoms with E-state index in [9.17, 15) is 9.59 Å². The van der Waals surface area contributed by atoms with E-state index in [-0.39, 0.29) is 18.4 Å². The Hall–Kier alpha value is -2.04. The number of piperidine rings is 1. The van der Waals surface area contributed by atoms with Crippen LogP contribution < -0.4 is 0 Å². The Morgan fingerprint density at radius 3 is 2.90 bits per heavy atom. The molecule has 0 saturated carbocycles. The fraction of sp³-hybridized carbons (Fsp3) is 0.500. The van der Waals surface area contributed by atoms with Crippen molar-refractivity contribution in [3.05, 3.63) is 29.7 Å². The van der Waals surface area contributed by atoms with Gasteiger partial charge in [0.2, 0.25) is 5.91 Å². The van der Waals surface area contributed by atoms with Crippen molar-refractivity contribution in [1.29, 1.82) is 0 Å². The zero-order chi connectivity index (χ0) is 15.2. The highest BCUT2D eigenvalue weighted by Crippen LogP contribution is 2.21. The molecule has 114 valence electrons. The van der Waals surface area contributed by atoms with Crippen molar-refractivity contribution < 1.29 is 19.1 Å². The van der Waals surface area contributed by atoms with Crippen LogP contribution in [0.3, 0.4) is 0 Å². The van der Waals surface area contributed by atoms with Gasteiger partial charge in [-0.15, -0.1) is 0 Å². The average molecular weight is 291 g/mol. The number of carboxylic acids is 1. The summed E-state index contributed by atoms with van der Waals surface area (Å²) in [6.07, 6.45) is 6.71. The van der Waals surface area contributed by atoms with E-state index in [2.05, 4.69) is 0 Å². The third kappa shape index (κ3) is 4.48. The van der Waals surface area contributed by atoms with Crippen LogP contribution >= 0.6 is 0 Å². The fourth-order valence-corrected chi connectivity index (χ4v) is 2.67. The Labute approximate surface area is 124 Å². The normalized spacial score (nSPS) is 19.1. The van der Waals surface area contributed by atoms with Crippen LogP contribution in [0.15, 0.2) is 22.6 Å². The zero-order valence-corrected chi connectivity index (χ0v) is 12.2. The maximum absolute atomic E-state index is 12.3. The molecule has 2 rings (SSSR count). The van der Waals surface area contributed by atoms with Crippen molar-refractivity contribution in [1.82, 2.24) is 4.90 Å². The number of furan rings is 1. The molecule has 1 N–H and O–H groups in total. The summed E-state index contributed by atoms with van der Waals surface area (Å²) in [4.78, 5) is 24.8. The summed E-state index contributed by atoms with van der Waals surface area (Å²) in [5.41, 5.74) is 0. The fourth-order valence-electron chi connectivity index (χ4n) is 2.67. The van der Waals surface area contributed by atoms with Crippen LogP contribution in [0.25, 0.3) is 6.08 Å². The van der Waals surface area contributed by atoms with Crippen LogP contribution in [0.2, 0.25) is 0 Å². The SMILES string of the molecule is Cc1ccc(C=CC(=O)N2CCCCC2CCC(=O)O)o1. The first-order valence-corrected chi connectivity index (χ1v) is 7.33. The second kappa shape index (κ2) is 7.11. The summed E-state index contributed by atoms with van der Waals surface area (Å²) < 4.78 is 5.39. The van der Waals surface area contributed by atoms with Crippen molar-refractivity contribution in [2.75, 3.05) is 6.54 Å². The van der Waals surface area contributed by atoms with Crippen molar-refractivity contribution in [3.8, 4) is 0 Å². The lowest BCUT2D eigenvalue weighted by atomic mass is 9.98. The highest BCUT2D eigenvalue weighted by atomic mass is 16.4. The van der Waals surface area contributed by atoms with E-state index in [1.54, 1.807) is 11.0 Å². The Morgan fingerprint density at radius 2 is 2.24 bits per heavy atom. The molecule has 1 atom stereocenters. The summed E-state index contributed by atoms with van der Waals surface area (Å²) in [6, 6.07) is 3.70. The number of hydrogen-bond acceptors (Lipinski definition) is 3. The van der Waals surface area contributed by atoms with E-state index in [1.807, 2.05) is 19.1 Å². The van der Waals surface area contributed by atoms with Crippen molar-refractivity contribution in [3.63, 3.8) is 0 Å². The monoisotopic (exact) mass is 291 g/mol. The van der Waals surface area contributed by atoms with Gasteiger partial charge in [0, 0.05) is 25.1 Å². The third-order valence-corrected chi connectivity index (χ3v) is 3.75. The molecule has 0 aliphatic carbocycles. The maximum Gasteiger partial charge on any atom is 0.303 e. The number of aryl methyl sites for hydroxylation is 1. The minimum Gasteiger partial charge on any atom is -0.481 e. The lowest BCUT2D eigenvalue weighted by Crippen LogP contribution is -2.43. The Balaban J connectivity index is 1.97. The number of hydrogen-bond donors (Lipinski definition) is 1. The first-order valence-electron chi connectivity index (χ1n) is 7.33. The number of likely N-dealkylation sites (tertiary alicyclic amines) is 1. The highest BCUT2D eigenvalue weighted by Gasteiger charge is 2.25. The van der Waals surface area contributed by atoms with Crippen LogP contribution in [0, 0.1) is 6.92 Å². The summed E-state index contributed by atoms with van der Waals surface area (Å²) in [6.45, 7) is 2.55. The van der Waals surface area contributed by atoms with Crippen LogP contribution in [0.5, 0.6) is 0 Å². The molecular weight excluding hydrogens is 270 g/mol. The predicted octanol–water partition coefficient (Wildman–Crippen LogP) is 2.85. The van der Waals surface area contributed by atoms with E-state index < -0.39 is 5.97 Å². The van der Waals surface area contributed by atoms with Gasteiger partial charge in [-0.25, -0.2) is 0 Å². The molecule has 5 nitrogen and oxygen atoms in total. The van der Waals surface area contributed by atoms with E-state index in [0.717, 1.165) is 25.0 Å². The number of carbonyl (C=O) groups excluding carboxylic acids is 1. The third-order valence-electron chi connectivity index (χ3n) is 3.75. The van der Waals surface area contributed by atoms with Crippen LogP contribution in [-0.4, -0.2) is 34.5 Å². The number of nitrogens with zero attached hydrogens (tertiary/aromatic N) is 1. The summed E-state index contributed by atoms with van der Waals surface area (Å²) in [5.74, 6) is 0.577. The molecule has 0 bridgehead atoms. The lowest BCUT2D eigenvalue weighted by Gasteiger charge is -2.35. The lowest BCUT2D eigenvalue weighted by molar-refractivity contribution is -0.138. The molecule has 1 fully saturated rings. The van der Waals surface area contributed by atoms with Crippen molar-refractivity contribution in [2.45, 2.75) is 45.1 Å². The number of amides is 1. The topological polar surface area (TPSA) is 70.8 Å². The molecule has 2 heterocycles. The molecule has 1 aromatic rings. The minimum atomic E-state index is -0.811. The quantitative estimate of drug-likeness (QED) is 0.847.